The van der Waals surface area contributed by atoms with Gasteiger partial charge in [0.2, 0.25) is 5.78 Å². The van der Waals surface area contributed by atoms with Crippen molar-refractivity contribution in [3.63, 3.8) is 0 Å². The number of rotatable bonds is 4. The van der Waals surface area contributed by atoms with Crippen LogP contribution in [0.5, 0.6) is 0 Å². The van der Waals surface area contributed by atoms with E-state index in [-0.39, 0.29) is 15.7 Å². The molecule has 0 amide bonds. The molecular weight excluding hydrogens is 309 g/mol. The standard InChI is InChI=1S/C13H10Cl2F2N2O/c1-2-3-19-12(9(15)6-18-19)13(20)7-4-11(17)8(14)5-10(7)16/h4-6H,2-3H2,1H3. The van der Waals surface area contributed by atoms with E-state index in [0.29, 0.717) is 6.54 Å². The van der Waals surface area contributed by atoms with Gasteiger partial charge in [0.15, 0.2) is 0 Å². The molecule has 2 aromatic rings. The zero-order valence-corrected chi connectivity index (χ0v) is 12.0. The first-order valence-electron chi connectivity index (χ1n) is 5.86. The van der Waals surface area contributed by atoms with E-state index in [2.05, 4.69) is 5.10 Å². The van der Waals surface area contributed by atoms with Crippen LogP contribution in [0.3, 0.4) is 0 Å². The fourth-order valence-corrected chi connectivity index (χ4v) is 2.17. The third-order valence-corrected chi connectivity index (χ3v) is 3.27. The molecule has 0 radical (unpaired) electrons. The Labute approximate surface area is 124 Å². The Morgan fingerprint density at radius 1 is 1.25 bits per heavy atom. The van der Waals surface area contributed by atoms with Crippen molar-refractivity contribution in [2.24, 2.45) is 0 Å². The number of carbonyl (C=O) groups is 1. The number of aryl methyl sites for hydroxylation is 1. The minimum atomic E-state index is -0.901. The lowest BCUT2D eigenvalue weighted by Gasteiger charge is -2.07. The van der Waals surface area contributed by atoms with Crippen LogP contribution < -0.4 is 0 Å². The summed E-state index contributed by atoms with van der Waals surface area (Å²) in [5, 5.41) is 3.66. The number of nitrogens with zero attached hydrogens (tertiary/aromatic N) is 2. The van der Waals surface area contributed by atoms with E-state index in [0.717, 1.165) is 18.6 Å². The highest BCUT2D eigenvalue weighted by Gasteiger charge is 2.23. The molecule has 20 heavy (non-hydrogen) atoms. The highest BCUT2D eigenvalue weighted by Crippen LogP contribution is 2.24. The quantitative estimate of drug-likeness (QED) is 0.628. The van der Waals surface area contributed by atoms with E-state index >= 15 is 0 Å². The third-order valence-electron chi connectivity index (χ3n) is 2.70. The Bertz CT molecular complexity index is 671. The maximum Gasteiger partial charge on any atom is 0.215 e. The lowest BCUT2D eigenvalue weighted by atomic mass is 10.1. The van der Waals surface area contributed by atoms with E-state index in [1.165, 1.54) is 10.9 Å². The average Bonchev–Trinajstić information content (AvgIpc) is 2.75. The Kier molecular flexibility index (Phi) is 4.40. The van der Waals surface area contributed by atoms with E-state index in [9.17, 15) is 13.6 Å². The molecule has 0 aliphatic carbocycles. The minimum Gasteiger partial charge on any atom is -0.287 e. The zero-order valence-electron chi connectivity index (χ0n) is 10.5. The molecule has 3 nitrogen and oxygen atoms in total. The normalized spacial score (nSPS) is 10.8. The summed E-state index contributed by atoms with van der Waals surface area (Å²) in [4.78, 5) is 12.3. The predicted octanol–water partition coefficient (Wildman–Crippen LogP) is 4.11. The SMILES string of the molecule is CCCn1ncc(Cl)c1C(=O)c1cc(F)c(Cl)cc1F. The molecule has 0 unspecified atom stereocenters. The van der Waals surface area contributed by atoms with Gasteiger partial charge in [-0.2, -0.15) is 5.10 Å². The zero-order chi connectivity index (χ0) is 14.9. The molecule has 1 aromatic heterocycles. The van der Waals surface area contributed by atoms with E-state index in [1.54, 1.807) is 0 Å². The van der Waals surface area contributed by atoms with Gasteiger partial charge in [-0.1, -0.05) is 30.1 Å². The van der Waals surface area contributed by atoms with Crippen LogP contribution in [-0.2, 0) is 6.54 Å². The molecule has 0 N–H and O–H groups in total. The maximum absolute atomic E-state index is 13.8. The second-order valence-electron chi connectivity index (χ2n) is 4.14. The molecule has 0 fully saturated rings. The van der Waals surface area contributed by atoms with Crippen LogP contribution in [0.2, 0.25) is 10.0 Å². The molecule has 0 bridgehead atoms. The summed E-state index contributed by atoms with van der Waals surface area (Å²) in [6.45, 7) is 2.35. The van der Waals surface area contributed by atoms with Crippen LogP contribution in [0.15, 0.2) is 18.3 Å². The van der Waals surface area contributed by atoms with E-state index in [4.69, 9.17) is 23.2 Å². The van der Waals surface area contributed by atoms with Crippen LogP contribution in [-0.4, -0.2) is 15.6 Å². The van der Waals surface area contributed by atoms with Gasteiger partial charge >= 0.3 is 0 Å². The monoisotopic (exact) mass is 318 g/mol. The Morgan fingerprint density at radius 2 is 1.95 bits per heavy atom. The fraction of sp³-hybridized carbons (Fsp3) is 0.231. The van der Waals surface area contributed by atoms with Gasteiger partial charge in [0.05, 0.1) is 21.8 Å². The number of carbonyl (C=O) groups excluding carboxylic acids is 1. The van der Waals surface area contributed by atoms with Crippen molar-refractivity contribution >= 4 is 29.0 Å². The fourth-order valence-electron chi connectivity index (χ4n) is 1.79. The minimum absolute atomic E-state index is 0.0362. The van der Waals surface area contributed by atoms with E-state index < -0.39 is 23.0 Å². The topological polar surface area (TPSA) is 34.9 Å². The first-order valence-corrected chi connectivity index (χ1v) is 6.61. The summed E-state index contributed by atoms with van der Waals surface area (Å²) in [5.74, 6) is -2.50. The first kappa shape index (κ1) is 14.9. The van der Waals surface area contributed by atoms with Gasteiger partial charge in [-0.3, -0.25) is 9.48 Å². The average molecular weight is 319 g/mol. The van der Waals surface area contributed by atoms with Gasteiger partial charge < -0.3 is 0 Å². The molecule has 2 rings (SSSR count). The molecule has 1 heterocycles. The van der Waals surface area contributed by atoms with Crippen LogP contribution in [0.1, 0.15) is 29.4 Å². The lowest BCUT2D eigenvalue weighted by Crippen LogP contribution is -2.13. The van der Waals surface area contributed by atoms with Crippen molar-refractivity contribution in [2.75, 3.05) is 0 Å². The second kappa shape index (κ2) is 5.89. The predicted molar refractivity (Wildman–Crippen MR) is 72.3 cm³/mol. The van der Waals surface area contributed by atoms with Gasteiger partial charge in [0, 0.05) is 6.54 Å². The summed E-state index contributed by atoms with van der Waals surface area (Å²) in [6, 6.07) is 1.53. The van der Waals surface area contributed by atoms with Crippen molar-refractivity contribution in [3.05, 3.63) is 51.3 Å². The Morgan fingerprint density at radius 3 is 2.60 bits per heavy atom. The summed E-state index contributed by atoms with van der Waals surface area (Å²) >= 11 is 11.4. The van der Waals surface area contributed by atoms with Crippen LogP contribution in [0.4, 0.5) is 8.78 Å². The van der Waals surface area contributed by atoms with Gasteiger partial charge in [-0.05, 0) is 18.6 Å². The van der Waals surface area contributed by atoms with Crippen LogP contribution in [0, 0.1) is 11.6 Å². The number of halogens is 4. The molecule has 0 atom stereocenters. The molecule has 0 saturated carbocycles. The van der Waals surface area contributed by atoms with Gasteiger partial charge in [-0.25, -0.2) is 8.78 Å². The van der Waals surface area contributed by atoms with Crippen molar-refractivity contribution < 1.29 is 13.6 Å². The van der Waals surface area contributed by atoms with Crippen LogP contribution in [0.25, 0.3) is 0 Å². The number of ketones is 1. The summed E-state index contributed by atoms with van der Waals surface area (Å²) in [7, 11) is 0. The lowest BCUT2D eigenvalue weighted by molar-refractivity contribution is 0.102. The Hall–Kier alpha value is -1.46. The molecule has 1 aromatic carbocycles. The largest absolute Gasteiger partial charge is 0.287 e. The molecule has 0 aliphatic heterocycles. The van der Waals surface area contributed by atoms with Gasteiger partial charge in [0.25, 0.3) is 0 Å². The molecule has 7 heteroatoms. The van der Waals surface area contributed by atoms with Gasteiger partial charge in [0.1, 0.15) is 17.3 Å². The number of hydrogen-bond acceptors (Lipinski definition) is 2. The van der Waals surface area contributed by atoms with Crippen molar-refractivity contribution in [1.29, 1.82) is 0 Å². The molecular formula is C13H10Cl2F2N2O. The van der Waals surface area contributed by atoms with Crippen molar-refractivity contribution in [2.45, 2.75) is 19.9 Å². The summed E-state index contributed by atoms with van der Waals surface area (Å²) < 4.78 is 28.6. The molecule has 0 saturated heterocycles. The number of hydrogen-bond donors (Lipinski definition) is 0. The number of benzene rings is 1. The van der Waals surface area contributed by atoms with Crippen molar-refractivity contribution in [3.8, 4) is 0 Å². The molecule has 0 spiro atoms. The summed E-state index contributed by atoms with van der Waals surface area (Å²) in [6.07, 6.45) is 2.02. The second-order valence-corrected chi connectivity index (χ2v) is 4.95. The third kappa shape index (κ3) is 2.69. The van der Waals surface area contributed by atoms with E-state index in [1.807, 2.05) is 6.92 Å². The van der Waals surface area contributed by atoms with Gasteiger partial charge in [-0.15, -0.1) is 0 Å². The van der Waals surface area contributed by atoms with Crippen LogP contribution >= 0.6 is 23.2 Å². The highest BCUT2D eigenvalue weighted by atomic mass is 35.5. The highest BCUT2D eigenvalue weighted by molar-refractivity contribution is 6.34. The smallest absolute Gasteiger partial charge is 0.215 e. The van der Waals surface area contributed by atoms with Crippen molar-refractivity contribution in [1.82, 2.24) is 9.78 Å². The summed E-state index contributed by atoms with van der Waals surface area (Å²) in [5.41, 5.74) is -0.388. The number of aromatic nitrogens is 2. The Balaban J connectivity index is 2.52. The molecule has 106 valence electrons. The first-order chi connectivity index (χ1) is 9.45. The molecule has 0 aliphatic rings. The maximum atomic E-state index is 13.8.